The second-order valence-electron chi connectivity index (χ2n) is 1.47. The molecule has 0 saturated carbocycles. The third-order valence-corrected chi connectivity index (χ3v) is 1.24. The third kappa shape index (κ3) is 2.52. The Hall–Kier alpha value is 0.230. The molecule has 2 atom stereocenters. The summed E-state index contributed by atoms with van der Waals surface area (Å²) in [5.41, 5.74) is 5.28. The highest BCUT2D eigenvalue weighted by atomic mass is 32.1. The van der Waals surface area contributed by atoms with E-state index in [1.807, 2.05) is 0 Å². The Morgan fingerprint density at radius 1 is 1.88 bits per heavy atom. The number of methoxy groups -OCH3 is 1. The van der Waals surface area contributed by atoms with Crippen LogP contribution in [0.4, 0.5) is 0 Å². The molecule has 1 unspecified atom stereocenters. The predicted molar refractivity (Wildman–Crippen MR) is 34.8 cm³/mol. The smallest absolute Gasteiger partial charge is 0.170 e. The van der Waals surface area contributed by atoms with Crippen LogP contribution in [0, 0.1) is 0 Å². The number of thiol groups is 1. The van der Waals surface area contributed by atoms with E-state index in [0.717, 1.165) is 0 Å². The Kier molecular flexibility index (Phi) is 4.26. The molecule has 0 radical (unpaired) electrons. The van der Waals surface area contributed by atoms with Crippen molar-refractivity contribution < 1.29 is 9.84 Å². The van der Waals surface area contributed by atoms with Crippen molar-refractivity contribution in [3.8, 4) is 0 Å². The number of hydrogen-bond acceptors (Lipinski definition) is 4. The zero-order valence-corrected chi connectivity index (χ0v) is 5.64. The van der Waals surface area contributed by atoms with Crippen LogP contribution in [-0.2, 0) is 4.74 Å². The first-order valence-electron chi connectivity index (χ1n) is 2.29. The average molecular weight is 137 g/mol. The van der Waals surface area contributed by atoms with Crippen LogP contribution >= 0.6 is 12.6 Å². The largest absolute Gasteiger partial charge is 0.367 e. The molecular formula is C4H11NO2S. The lowest BCUT2D eigenvalue weighted by Crippen LogP contribution is -2.37. The van der Waals surface area contributed by atoms with Gasteiger partial charge in [0.05, 0.1) is 6.04 Å². The summed E-state index contributed by atoms with van der Waals surface area (Å²) in [6.45, 7) is 0. The van der Waals surface area contributed by atoms with Crippen molar-refractivity contribution in [2.45, 2.75) is 12.3 Å². The van der Waals surface area contributed by atoms with Crippen molar-refractivity contribution in [3.63, 3.8) is 0 Å². The van der Waals surface area contributed by atoms with Crippen molar-refractivity contribution in [1.82, 2.24) is 0 Å². The summed E-state index contributed by atoms with van der Waals surface area (Å²) in [5.74, 6) is 0.426. The van der Waals surface area contributed by atoms with E-state index in [0.29, 0.717) is 5.75 Å². The summed E-state index contributed by atoms with van der Waals surface area (Å²) in [7, 11) is 1.40. The average Bonchev–Trinajstić information content (AvgIpc) is 1.84. The lowest BCUT2D eigenvalue weighted by molar-refractivity contribution is -0.0846. The third-order valence-electron chi connectivity index (χ3n) is 0.819. The Labute approximate surface area is 54.2 Å². The Morgan fingerprint density at radius 2 is 2.38 bits per heavy atom. The van der Waals surface area contributed by atoms with Gasteiger partial charge in [0.25, 0.3) is 0 Å². The van der Waals surface area contributed by atoms with Crippen LogP contribution in [0.15, 0.2) is 0 Å². The van der Waals surface area contributed by atoms with E-state index in [2.05, 4.69) is 17.4 Å². The first-order chi connectivity index (χ1) is 3.72. The van der Waals surface area contributed by atoms with Crippen LogP contribution in [0.5, 0.6) is 0 Å². The van der Waals surface area contributed by atoms with E-state index >= 15 is 0 Å². The minimum Gasteiger partial charge on any atom is -0.367 e. The Morgan fingerprint density at radius 3 is 2.50 bits per heavy atom. The minimum absolute atomic E-state index is 0.386. The van der Waals surface area contributed by atoms with E-state index in [9.17, 15) is 0 Å². The van der Waals surface area contributed by atoms with Gasteiger partial charge in [-0.3, -0.25) is 0 Å². The van der Waals surface area contributed by atoms with E-state index in [1.54, 1.807) is 0 Å². The zero-order chi connectivity index (χ0) is 6.57. The monoisotopic (exact) mass is 137 g/mol. The molecule has 0 heterocycles. The molecule has 0 amide bonds. The van der Waals surface area contributed by atoms with Crippen LogP contribution in [0.3, 0.4) is 0 Å². The summed E-state index contributed by atoms with van der Waals surface area (Å²) in [5, 5.41) is 8.73. The topological polar surface area (TPSA) is 55.5 Å². The van der Waals surface area contributed by atoms with E-state index in [4.69, 9.17) is 10.8 Å². The van der Waals surface area contributed by atoms with E-state index in [1.165, 1.54) is 7.11 Å². The molecule has 4 heteroatoms. The molecule has 0 saturated heterocycles. The van der Waals surface area contributed by atoms with Gasteiger partial charge in [-0.1, -0.05) is 0 Å². The van der Waals surface area contributed by atoms with Crippen molar-refractivity contribution in [2.24, 2.45) is 5.73 Å². The van der Waals surface area contributed by atoms with Gasteiger partial charge in [-0.25, -0.2) is 0 Å². The highest BCUT2D eigenvalue weighted by molar-refractivity contribution is 7.80. The number of rotatable bonds is 3. The standard InChI is InChI=1S/C4H11NO2S/c1-7-4(6)3(5)2-8/h3-4,6,8H,2,5H2,1H3/t3-,4?/m1/s1. The van der Waals surface area contributed by atoms with Gasteiger partial charge >= 0.3 is 0 Å². The van der Waals surface area contributed by atoms with Crippen molar-refractivity contribution >= 4 is 12.6 Å². The molecule has 0 aromatic heterocycles. The highest BCUT2D eigenvalue weighted by Gasteiger charge is 2.09. The number of ether oxygens (including phenoxy) is 1. The fraction of sp³-hybridized carbons (Fsp3) is 1.00. The molecule has 3 nitrogen and oxygen atoms in total. The molecule has 0 bridgehead atoms. The van der Waals surface area contributed by atoms with Gasteiger partial charge in [0, 0.05) is 12.9 Å². The van der Waals surface area contributed by atoms with Crippen LogP contribution < -0.4 is 5.73 Å². The molecule has 8 heavy (non-hydrogen) atoms. The summed E-state index contributed by atoms with van der Waals surface area (Å²) < 4.78 is 4.48. The first kappa shape index (κ1) is 8.23. The Bertz CT molecular complexity index is 54.0. The van der Waals surface area contributed by atoms with Crippen LogP contribution in [-0.4, -0.2) is 30.3 Å². The second-order valence-corrected chi connectivity index (χ2v) is 1.84. The summed E-state index contributed by atoms with van der Waals surface area (Å²) in [6.07, 6.45) is -0.882. The molecule has 0 aliphatic carbocycles. The van der Waals surface area contributed by atoms with Gasteiger partial charge in [-0.15, -0.1) is 0 Å². The molecule has 0 aromatic carbocycles. The van der Waals surface area contributed by atoms with E-state index in [-0.39, 0.29) is 6.04 Å². The van der Waals surface area contributed by atoms with Crippen molar-refractivity contribution in [1.29, 1.82) is 0 Å². The Balaban J connectivity index is 3.29. The lowest BCUT2D eigenvalue weighted by Gasteiger charge is -2.13. The summed E-state index contributed by atoms with van der Waals surface area (Å²) >= 11 is 3.84. The first-order valence-corrected chi connectivity index (χ1v) is 2.93. The maximum Gasteiger partial charge on any atom is 0.170 e. The fourth-order valence-electron chi connectivity index (χ4n) is 0.265. The maximum atomic E-state index is 8.73. The fourth-order valence-corrected chi connectivity index (χ4v) is 0.445. The molecule has 0 rings (SSSR count). The van der Waals surface area contributed by atoms with Crippen LogP contribution in [0.1, 0.15) is 0 Å². The normalized spacial score (nSPS) is 18.0. The van der Waals surface area contributed by atoms with Crippen LogP contribution in [0.2, 0.25) is 0 Å². The number of aliphatic hydroxyl groups excluding tert-OH is 1. The molecule has 0 aromatic rings. The summed E-state index contributed by atoms with van der Waals surface area (Å²) in [4.78, 5) is 0. The highest BCUT2D eigenvalue weighted by Crippen LogP contribution is 1.91. The minimum atomic E-state index is -0.882. The van der Waals surface area contributed by atoms with E-state index < -0.39 is 6.29 Å². The molecule has 3 N–H and O–H groups in total. The molecular weight excluding hydrogens is 126 g/mol. The maximum absolute atomic E-state index is 8.73. The second kappa shape index (κ2) is 4.14. The van der Waals surface area contributed by atoms with Crippen LogP contribution in [0.25, 0.3) is 0 Å². The zero-order valence-electron chi connectivity index (χ0n) is 4.74. The number of nitrogens with two attached hydrogens (primary N) is 1. The van der Waals surface area contributed by atoms with Crippen molar-refractivity contribution in [2.75, 3.05) is 12.9 Å². The van der Waals surface area contributed by atoms with Gasteiger partial charge in [-0.05, 0) is 0 Å². The van der Waals surface area contributed by atoms with Gasteiger partial charge in [0.1, 0.15) is 0 Å². The van der Waals surface area contributed by atoms with Crippen molar-refractivity contribution in [3.05, 3.63) is 0 Å². The molecule has 0 aliphatic rings. The number of hydrogen-bond donors (Lipinski definition) is 3. The quantitative estimate of drug-likeness (QED) is 0.353. The molecule has 0 fully saturated rings. The number of aliphatic hydroxyl groups is 1. The lowest BCUT2D eigenvalue weighted by atomic mass is 10.3. The molecule has 0 aliphatic heterocycles. The summed E-state index contributed by atoms with van der Waals surface area (Å²) in [6, 6.07) is -0.386. The van der Waals surface area contributed by atoms with Gasteiger partial charge in [0.2, 0.25) is 0 Å². The predicted octanol–water partition coefficient (Wildman–Crippen LogP) is -0.792. The SMILES string of the molecule is COC(O)[C@H](N)CS. The van der Waals surface area contributed by atoms with Gasteiger partial charge in [0.15, 0.2) is 6.29 Å². The molecule has 50 valence electrons. The molecule has 0 spiro atoms. The van der Waals surface area contributed by atoms with Gasteiger partial charge < -0.3 is 15.6 Å². The van der Waals surface area contributed by atoms with Gasteiger partial charge in [-0.2, -0.15) is 12.6 Å².